The molecule has 0 aliphatic rings. The van der Waals surface area contributed by atoms with Crippen LogP contribution in [0.2, 0.25) is 0 Å². The molecule has 3 rings (SSSR count). The normalized spacial score (nSPS) is 14.2. The fourth-order valence-corrected chi connectivity index (χ4v) is 2.52. The first-order chi connectivity index (χ1) is 10.1. The quantitative estimate of drug-likeness (QED) is 0.730. The van der Waals surface area contributed by atoms with Crippen LogP contribution in [0, 0.1) is 5.82 Å². The van der Waals surface area contributed by atoms with Crippen LogP contribution in [0.25, 0.3) is 11.0 Å². The third-order valence-corrected chi connectivity index (χ3v) is 3.74. The Hall–Kier alpha value is -2.13. The summed E-state index contributed by atoms with van der Waals surface area (Å²) in [5, 5.41) is 4.58. The summed E-state index contributed by atoms with van der Waals surface area (Å²) >= 11 is 0. The molecule has 0 aliphatic carbocycles. The molecule has 3 aromatic rings. The van der Waals surface area contributed by atoms with Crippen LogP contribution < -0.4 is 5.32 Å². The van der Waals surface area contributed by atoms with Gasteiger partial charge in [-0.25, -0.2) is 4.39 Å². The van der Waals surface area contributed by atoms with E-state index in [1.165, 1.54) is 12.1 Å². The Labute approximate surface area is 123 Å². The highest BCUT2D eigenvalue weighted by Gasteiger charge is 2.15. The summed E-state index contributed by atoms with van der Waals surface area (Å²) in [5.74, 6) is 0.696. The van der Waals surface area contributed by atoms with Crippen molar-refractivity contribution >= 4 is 11.0 Å². The molecule has 0 saturated carbocycles. The number of hydrogen-bond acceptors (Lipinski definition) is 2. The van der Waals surface area contributed by atoms with Gasteiger partial charge in [-0.1, -0.05) is 30.3 Å². The molecule has 0 bridgehead atoms. The van der Waals surface area contributed by atoms with E-state index in [1.807, 2.05) is 24.3 Å². The molecule has 1 aromatic heterocycles. The molecule has 0 saturated heterocycles. The smallest absolute Gasteiger partial charge is 0.134 e. The number of furan rings is 1. The van der Waals surface area contributed by atoms with Gasteiger partial charge in [-0.05, 0) is 43.7 Å². The predicted molar refractivity (Wildman–Crippen MR) is 82.6 cm³/mol. The van der Waals surface area contributed by atoms with Crippen molar-refractivity contribution in [2.75, 3.05) is 0 Å². The highest BCUT2D eigenvalue weighted by molar-refractivity contribution is 5.77. The topological polar surface area (TPSA) is 25.2 Å². The van der Waals surface area contributed by atoms with E-state index in [-0.39, 0.29) is 17.9 Å². The SMILES string of the molecule is CC(N[C@@H](C)c1ccc(F)cc1)c1cc2ccccc2o1. The summed E-state index contributed by atoms with van der Waals surface area (Å²) in [4.78, 5) is 0. The van der Waals surface area contributed by atoms with E-state index in [4.69, 9.17) is 4.42 Å². The monoisotopic (exact) mass is 283 g/mol. The van der Waals surface area contributed by atoms with Crippen LogP contribution in [0.3, 0.4) is 0 Å². The van der Waals surface area contributed by atoms with Crippen molar-refractivity contribution in [3.63, 3.8) is 0 Å². The minimum atomic E-state index is -0.212. The van der Waals surface area contributed by atoms with E-state index in [9.17, 15) is 4.39 Å². The van der Waals surface area contributed by atoms with Crippen molar-refractivity contribution in [2.45, 2.75) is 25.9 Å². The Morgan fingerprint density at radius 2 is 1.67 bits per heavy atom. The number of benzene rings is 2. The van der Waals surface area contributed by atoms with Gasteiger partial charge >= 0.3 is 0 Å². The van der Waals surface area contributed by atoms with Crippen LogP contribution >= 0.6 is 0 Å². The van der Waals surface area contributed by atoms with Crippen LogP contribution in [0.5, 0.6) is 0 Å². The average Bonchev–Trinajstić information content (AvgIpc) is 2.92. The molecule has 1 N–H and O–H groups in total. The molecule has 0 amide bonds. The van der Waals surface area contributed by atoms with E-state index in [1.54, 1.807) is 12.1 Å². The molecular formula is C18H18FNO. The van der Waals surface area contributed by atoms with Crippen molar-refractivity contribution in [1.82, 2.24) is 5.32 Å². The highest BCUT2D eigenvalue weighted by Crippen LogP contribution is 2.25. The predicted octanol–water partition coefficient (Wildman–Crippen LogP) is 4.98. The van der Waals surface area contributed by atoms with E-state index < -0.39 is 0 Å². The molecule has 2 nitrogen and oxygen atoms in total. The van der Waals surface area contributed by atoms with E-state index >= 15 is 0 Å². The fraction of sp³-hybridized carbons (Fsp3) is 0.222. The lowest BCUT2D eigenvalue weighted by molar-refractivity contribution is 0.417. The fourth-order valence-electron chi connectivity index (χ4n) is 2.52. The van der Waals surface area contributed by atoms with E-state index in [0.717, 1.165) is 22.3 Å². The van der Waals surface area contributed by atoms with Gasteiger partial charge in [-0.2, -0.15) is 0 Å². The number of hydrogen-bond donors (Lipinski definition) is 1. The molecule has 0 aliphatic heterocycles. The van der Waals surface area contributed by atoms with Crippen molar-refractivity contribution in [2.24, 2.45) is 0 Å². The molecule has 2 aromatic carbocycles. The Morgan fingerprint density at radius 1 is 0.952 bits per heavy atom. The van der Waals surface area contributed by atoms with Crippen LogP contribution in [0.1, 0.15) is 37.3 Å². The molecule has 108 valence electrons. The molecule has 1 unspecified atom stereocenters. The number of para-hydroxylation sites is 1. The van der Waals surface area contributed by atoms with Gasteiger partial charge in [0.05, 0.1) is 6.04 Å². The second-order valence-corrected chi connectivity index (χ2v) is 5.35. The van der Waals surface area contributed by atoms with Gasteiger partial charge in [0, 0.05) is 11.4 Å². The van der Waals surface area contributed by atoms with E-state index in [0.29, 0.717) is 0 Å². The van der Waals surface area contributed by atoms with E-state index in [2.05, 4.69) is 25.2 Å². The number of fused-ring (bicyclic) bond motifs is 1. The standard InChI is InChI=1S/C18H18FNO/c1-12(14-7-9-16(19)10-8-14)20-13(2)18-11-15-5-3-4-6-17(15)21-18/h3-13,20H,1-2H3/t12-,13?/m0/s1. The van der Waals surface area contributed by atoms with Gasteiger partial charge < -0.3 is 9.73 Å². The number of rotatable bonds is 4. The van der Waals surface area contributed by atoms with Gasteiger partial charge in [0.25, 0.3) is 0 Å². The molecular weight excluding hydrogens is 265 g/mol. The first-order valence-electron chi connectivity index (χ1n) is 7.13. The van der Waals surface area contributed by atoms with Gasteiger partial charge in [-0.15, -0.1) is 0 Å². The zero-order valence-corrected chi connectivity index (χ0v) is 12.1. The van der Waals surface area contributed by atoms with Gasteiger partial charge in [-0.3, -0.25) is 0 Å². The molecule has 1 heterocycles. The third kappa shape index (κ3) is 2.98. The molecule has 2 atom stereocenters. The summed E-state index contributed by atoms with van der Waals surface area (Å²) in [5.41, 5.74) is 1.95. The summed E-state index contributed by atoms with van der Waals surface area (Å²) < 4.78 is 18.8. The Morgan fingerprint density at radius 3 is 2.38 bits per heavy atom. The largest absolute Gasteiger partial charge is 0.459 e. The minimum absolute atomic E-state index is 0.0810. The first-order valence-corrected chi connectivity index (χ1v) is 7.13. The summed E-state index contributed by atoms with van der Waals surface area (Å²) in [7, 11) is 0. The van der Waals surface area contributed by atoms with Crippen LogP contribution in [-0.2, 0) is 0 Å². The Kier molecular flexibility index (Phi) is 3.76. The molecule has 3 heteroatoms. The van der Waals surface area contributed by atoms with Crippen molar-refractivity contribution in [1.29, 1.82) is 0 Å². The summed E-state index contributed by atoms with van der Waals surface area (Å²) in [6.45, 7) is 4.13. The maximum Gasteiger partial charge on any atom is 0.134 e. The maximum absolute atomic E-state index is 13.0. The zero-order chi connectivity index (χ0) is 14.8. The van der Waals surface area contributed by atoms with Gasteiger partial charge in [0.15, 0.2) is 0 Å². The van der Waals surface area contributed by atoms with Gasteiger partial charge in [0.2, 0.25) is 0 Å². The number of halogens is 1. The Bertz CT molecular complexity index is 699. The summed E-state index contributed by atoms with van der Waals surface area (Å²) in [6, 6.07) is 16.8. The summed E-state index contributed by atoms with van der Waals surface area (Å²) in [6.07, 6.45) is 0. The third-order valence-electron chi connectivity index (χ3n) is 3.74. The second kappa shape index (κ2) is 5.70. The lowest BCUT2D eigenvalue weighted by atomic mass is 10.1. The first kappa shape index (κ1) is 13.8. The molecule has 21 heavy (non-hydrogen) atoms. The number of nitrogens with one attached hydrogen (secondary N) is 1. The van der Waals surface area contributed by atoms with Crippen LogP contribution in [-0.4, -0.2) is 0 Å². The average molecular weight is 283 g/mol. The van der Waals surface area contributed by atoms with Crippen molar-refractivity contribution < 1.29 is 8.81 Å². The van der Waals surface area contributed by atoms with Crippen molar-refractivity contribution in [3.05, 3.63) is 71.7 Å². The zero-order valence-electron chi connectivity index (χ0n) is 12.1. The molecule has 0 radical (unpaired) electrons. The lowest BCUT2D eigenvalue weighted by Gasteiger charge is -2.18. The van der Waals surface area contributed by atoms with Crippen LogP contribution in [0.15, 0.2) is 59.0 Å². The lowest BCUT2D eigenvalue weighted by Crippen LogP contribution is -2.22. The highest BCUT2D eigenvalue weighted by atomic mass is 19.1. The minimum Gasteiger partial charge on any atom is -0.459 e. The van der Waals surface area contributed by atoms with Crippen LogP contribution in [0.4, 0.5) is 4.39 Å². The molecule has 0 fully saturated rings. The molecule has 0 spiro atoms. The van der Waals surface area contributed by atoms with Crippen molar-refractivity contribution in [3.8, 4) is 0 Å². The second-order valence-electron chi connectivity index (χ2n) is 5.35. The maximum atomic E-state index is 13.0. The Balaban J connectivity index is 1.75. The van der Waals surface area contributed by atoms with Gasteiger partial charge in [0.1, 0.15) is 17.2 Å².